The van der Waals surface area contributed by atoms with Crippen molar-refractivity contribution < 1.29 is 13.5 Å². The monoisotopic (exact) mass is 388 g/mol. The van der Waals surface area contributed by atoms with Crippen molar-refractivity contribution in [3.8, 4) is 5.75 Å². The lowest BCUT2D eigenvalue weighted by Gasteiger charge is -2.36. The molecule has 0 radical (unpaired) electrons. The van der Waals surface area contributed by atoms with Crippen molar-refractivity contribution in [1.82, 2.24) is 15.1 Å². The van der Waals surface area contributed by atoms with Crippen molar-refractivity contribution in [2.45, 2.75) is 19.9 Å². The van der Waals surface area contributed by atoms with Gasteiger partial charge in [-0.05, 0) is 36.8 Å². The molecule has 1 fully saturated rings. The van der Waals surface area contributed by atoms with E-state index in [1.165, 1.54) is 7.11 Å². The molecule has 1 N–H and O–H groups in total. The van der Waals surface area contributed by atoms with Crippen LogP contribution < -0.4 is 10.1 Å². The Balaban J connectivity index is 1.51. The molecule has 3 rings (SSSR count). The molecule has 2 heterocycles. The molecule has 0 unspecified atom stereocenters. The maximum Gasteiger partial charge on any atom is 0.194 e. The number of rotatable bonds is 7. The molecule has 152 valence electrons. The van der Waals surface area contributed by atoms with Gasteiger partial charge in [-0.2, -0.15) is 0 Å². The number of ether oxygens (including phenoxy) is 1. The molecule has 1 aromatic carbocycles. The highest BCUT2D eigenvalue weighted by atomic mass is 19.1. The number of hydrogen-bond acceptors (Lipinski definition) is 4. The highest BCUT2D eigenvalue weighted by Crippen LogP contribution is 2.19. The van der Waals surface area contributed by atoms with Crippen molar-refractivity contribution in [2.75, 3.05) is 46.4 Å². The Bertz CT molecular complexity index is 756. The summed E-state index contributed by atoms with van der Waals surface area (Å²) in [5, 5.41) is 3.38. The van der Waals surface area contributed by atoms with Crippen LogP contribution in [0.2, 0.25) is 0 Å². The van der Waals surface area contributed by atoms with Crippen LogP contribution in [0.4, 0.5) is 4.39 Å². The van der Waals surface area contributed by atoms with E-state index in [-0.39, 0.29) is 11.6 Å². The van der Waals surface area contributed by atoms with E-state index in [0.29, 0.717) is 6.54 Å². The van der Waals surface area contributed by atoms with Crippen molar-refractivity contribution in [2.24, 2.45) is 4.99 Å². The molecular formula is C21H29FN4O2. The summed E-state index contributed by atoms with van der Waals surface area (Å²) < 4.78 is 24.3. The molecule has 0 bridgehead atoms. The molecule has 1 aliphatic rings. The number of aliphatic imine (C=N–C) groups is 1. The predicted molar refractivity (Wildman–Crippen MR) is 108 cm³/mol. The van der Waals surface area contributed by atoms with Crippen LogP contribution >= 0.6 is 0 Å². The molecule has 1 saturated heterocycles. The Morgan fingerprint density at radius 2 is 2.07 bits per heavy atom. The fraction of sp³-hybridized carbons (Fsp3) is 0.476. The maximum atomic E-state index is 13.9. The number of halogens is 1. The number of methoxy groups -OCH3 is 1. The molecule has 0 amide bonds. The number of hydrogen-bond donors (Lipinski definition) is 1. The minimum Gasteiger partial charge on any atom is -0.494 e. The van der Waals surface area contributed by atoms with Gasteiger partial charge in [-0.15, -0.1) is 0 Å². The van der Waals surface area contributed by atoms with Crippen LogP contribution in [0.25, 0.3) is 0 Å². The summed E-state index contributed by atoms with van der Waals surface area (Å²) in [7, 11) is 1.48. The van der Waals surface area contributed by atoms with E-state index in [9.17, 15) is 4.39 Å². The van der Waals surface area contributed by atoms with Crippen LogP contribution in [-0.4, -0.2) is 62.1 Å². The van der Waals surface area contributed by atoms with Gasteiger partial charge in [0.2, 0.25) is 0 Å². The van der Waals surface area contributed by atoms with Crippen LogP contribution in [0.1, 0.15) is 18.2 Å². The zero-order valence-electron chi connectivity index (χ0n) is 16.7. The SMILES string of the molecule is CCNC(=NCCc1ccco1)N1CCN(Cc2ccc(OC)c(F)c2)CC1. The first kappa shape index (κ1) is 20.2. The highest BCUT2D eigenvalue weighted by Gasteiger charge is 2.20. The summed E-state index contributed by atoms with van der Waals surface area (Å²) in [5.41, 5.74) is 0.964. The zero-order valence-corrected chi connectivity index (χ0v) is 16.7. The van der Waals surface area contributed by atoms with Crippen LogP contribution in [0.5, 0.6) is 5.75 Å². The van der Waals surface area contributed by atoms with Crippen LogP contribution in [0, 0.1) is 5.82 Å². The van der Waals surface area contributed by atoms with Gasteiger partial charge in [0.25, 0.3) is 0 Å². The molecule has 6 nitrogen and oxygen atoms in total. The maximum absolute atomic E-state index is 13.9. The highest BCUT2D eigenvalue weighted by molar-refractivity contribution is 5.80. The number of nitrogens with zero attached hydrogens (tertiary/aromatic N) is 3. The first-order valence-corrected chi connectivity index (χ1v) is 9.80. The largest absolute Gasteiger partial charge is 0.494 e. The standard InChI is InChI=1S/C21H29FN4O2/c1-3-23-21(24-9-8-18-5-4-14-28-18)26-12-10-25(11-13-26)16-17-6-7-20(27-2)19(22)15-17/h4-7,14-15H,3,8-13,16H2,1-2H3,(H,23,24). The fourth-order valence-corrected chi connectivity index (χ4v) is 3.34. The minimum atomic E-state index is -0.309. The topological polar surface area (TPSA) is 53.2 Å². The first-order valence-electron chi connectivity index (χ1n) is 9.80. The minimum absolute atomic E-state index is 0.287. The Labute approximate surface area is 166 Å². The van der Waals surface area contributed by atoms with E-state index >= 15 is 0 Å². The third-order valence-corrected chi connectivity index (χ3v) is 4.83. The number of nitrogens with one attached hydrogen (secondary N) is 1. The lowest BCUT2D eigenvalue weighted by atomic mass is 10.2. The Morgan fingerprint density at radius 1 is 1.25 bits per heavy atom. The predicted octanol–water partition coefficient (Wildman–Crippen LogP) is 2.75. The second kappa shape index (κ2) is 10.1. The summed E-state index contributed by atoms with van der Waals surface area (Å²) in [6, 6.07) is 9.05. The van der Waals surface area contributed by atoms with Gasteiger partial charge in [0.15, 0.2) is 17.5 Å². The summed E-state index contributed by atoms with van der Waals surface area (Å²) in [5.74, 6) is 1.88. The third-order valence-electron chi connectivity index (χ3n) is 4.83. The van der Waals surface area contributed by atoms with Gasteiger partial charge in [-0.1, -0.05) is 6.07 Å². The number of furan rings is 1. The van der Waals surface area contributed by atoms with Gasteiger partial charge in [0.05, 0.1) is 13.4 Å². The molecule has 2 aromatic rings. The van der Waals surface area contributed by atoms with Gasteiger partial charge in [0.1, 0.15) is 5.76 Å². The Hall–Kier alpha value is -2.54. The molecule has 1 aliphatic heterocycles. The normalized spacial score (nSPS) is 15.7. The van der Waals surface area contributed by atoms with Crippen molar-refractivity contribution >= 4 is 5.96 Å². The fourth-order valence-electron chi connectivity index (χ4n) is 3.34. The number of guanidine groups is 1. The Morgan fingerprint density at radius 3 is 2.71 bits per heavy atom. The van der Waals surface area contributed by atoms with Gasteiger partial charge in [0, 0.05) is 52.2 Å². The van der Waals surface area contributed by atoms with Crippen molar-refractivity contribution in [3.05, 3.63) is 53.7 Å². The second-order valence-corrected chi connectivity index (χ2v) is 6.80. The molecule has 0 spiro atoms. The summed E-state index contributed by atoms with van der Waals surface area (Å²) >= 11 is 0. The van der Waals surface area contributed by atoms with E-state index in [2.05, 4.69) is 22.0 Å². The molecule has 7 heteroatoms. The van der Waals surface area contributed by atoms with Gasteiger partial charge < -0.3 is 19.4 Å². The zero-order chi connectivity index (χ0) is 19.8. The lowest BCUT2D eigenvalue weighted by molar-refractivity contribution is 0.172. The molecule has 0 aliphatic carbocycles. The van der Waals surface area contributed by atoms with Crippen LogP contribution in [-0.2, 0) is 13.0 Å². The van der Waals surface area contributed by atoms with Crippen LogP contribution in [0.15, 0.2) is 46.0 Å². The van der Waals surface area contributed by atoms with E-state index in [1.54, 1.807) is 18.4 Å². The molecule has 1 aromatic heterocycles. The summed E-state index contributed by atoms with van der Waals surface area (Å²) in [6.45, 7) is 7.96. The van der Waals surface area contributed by atoms with Crippen molar-refractivity contribution in [1.29, 1.82) is 0 Å². The quantitative estimate of drug-likeness (QED) is 0.584. The molecule has 0 saturated carbocycles. The van der Waals surface area contributed by atoms with E-state index in [4.69, 9.17) is 14.1 Å². The number of piperazine rings is 1. The van der Waals surface area contributed by atoms with E-state index in [0.717, 1.165) is 63.0 Å². The number of benzene rings is 1. The van der Waals surface area contributed by atoms with Gasteiger partial charge in [-0.25, -0.2) is 4.39 Å². The van der Waals surface area contributed by atoms with Gasteiger partial charge in [-0.3, -0.25) is 9.89 Å². The summed E-state index contributed by atoms with van der Waals surface area (Å²) in [6.07, 6.45) is 2.49. The first-order chi connectivity index (χ1) is 13.7. The molecule has 0 atom stereocenters. The van der Waals surface area contributed by atoms with Crippen molar-refractivity contribution in [3.63, 3.8) is 0 Å². The van der Waals surface area contributed by atoms with Crippen LogP contribution in [0.3, 0.4) is 0 Å². The molecule has 28 heavy (non-hydrogen) atoms. The van der Waals surface area contributed by atoms with Gasteiger partial charge >= 0.3 is 0 Å². The summed E-state index contributed by atoms with van der Waals surface area (Å²) in [4.78, 5) is 9.37. The average molecular weight is 388 g/mol. The third kappa shape index (κ3) is 5.48. The smallest absolute Gasteiger partial charge is 0.194 e. The second-order valence-electron chi connectivity index (χ2n) is 6.80. The average Bonchev–Trinajstić information content (AvgIpc) is 3.22. The Kier molecular flexibility index (Phi) is 7.31. The molecular weight excluding hydrogens is 359 g/mol. The lowest BCUT2D eigenvalue weighted by Crippen LogP contribution is -2.52. The van der Waals surface area contributed by atoms with E-state index < -0.39 is 0 Å². The van der Waals surface area contributed by atoms with E-state index in [1.807, 2.05) is 18.2 Å².